The molecule has 2 aromatic rings. The molecule has 0 bridgehead atoms. The molecule has 0 saturated carbocycles. The lowest BCUT2D eigenvalue weighted by Gasteiger charge is -2.09. The summed E-state index contributed by atoms with van der Waals surface area (Å²) < 4.78 is 19.5. The third-order valence-corrected chi connectivity index (χ3v) is 3.71. The lowest BCUT2D eigenvalue weighted by molar-refractivity contribution is 0.103. The predicted molar refractivity (Wildman–Crippen MR) is 77.6 cm³/mol. The molecule has 0 atom stereocenters. The van der Waals surface area contributed by atoms with Crippen LogP contribution in [0.15, 0.2) is 34.8 Å². The summed E-state index contributed by atoms with van der Waals surface area (Å²) in [6, 6.07) is 7.63. The van der Waals surface area contributed by atoms with Crippen molar-refractivity contribution in [2.45, 2.75) is 6.42 Å². The molecule has 3 rings (SSSR count). The van der Waals surface area contributed by atoms with E-state index in [0.717, 1.165) is 16.5 Å². The highest BCUT2D eigenvalue weighted by Crippen LogP contribution is 2.34. The Morgan fingerprint density at radius 3 is 2.85 bits per heavy atom. The van der Waals surface area contributed by atoms with E-state index < -0.39 is 5.82 Å². The van der Waals surface area contributed by atoms with E-state index in [9.17, 15) is 9.18 Å². The van der Waals surface area contributed by atoms with Gasteiger partial charge >= 0.3 is 0 Å². The molecule has 2 N–H and O–H groups in total. The van der Waals surface area contributed by atoms with Crippen LogP contribution in [0.5, 0.6) is 5.75 Å². The van der Waals surface area contributed by atoms with Crippen molar-refractivity contribution >= 4 is 27.4 Å². The number of hydrogen-bond acceptors (Lipinski definition) is 3. The van der Waals surface area contributed by atoms with Crippen LogP contribution in [0.2, 0.25) is 0 Å². The van der Waals surface area contributed by atoms with Crippen LogP contribution in [-0.4, -0.2) is 12.4 Å². The van der Waals surface area contributed by atoms with E-state index in [1.54, 1.807) is 6.07 Å². The minimum Gasteiger partial charge on any atom is -0.492 e. The van der Waals surface area contributed by atoms with Crippen LogP contribution >= 0.6 is 15.9 Å². The number of rotatable bonds is 2. The van der Waals surface area contributed by atoms with Gasteiger partial charge in [0.1, 0.15) is 11.6 Å². The first kappa shape index (κ1) is 13.1. The fourth-order valence-corrected chi connectivity index (χ4v) is 2.78. The molecular formula is C15H11BrFNO2. The number of carbonyl (C=O) groups is 1. The lowest BCUT2D eigenvalue weighted by atomic mass is 9.99. The number of halogens is 2. The summed E-state index contributed by atoms with van der Waals surface area (Å²) in [5.41, 5.74) is 7.29. The van der Waals surface area contributed by atoms with Gasteiger partial charge in [-0.3, -0.25) is 4.79 Å². The van der Waals surface area contributed by atoms with Crippen molar-refractivity contribution in [1.82, 2.24) is 0 Å². The maximum Gasteiger partial charge on any atom is 0.196 e. The first-order valence-electron chi connectivity index (χ1n) is 6.11. The summed E-state index contributed by atoms with van der Waals surface area (Å²) in [6.07, 6.45) is 0.778. The van der Waals surface area contributed by atoms with Gasteiger partial charge in [-0.1, -0.05) is 15.9 Å². The maximum atomic E-state index is 13.2. The normalized spacial score (nSPS) is 12.9. The van der Waals surface area contributed by atoms with E-state index in [1.165, 1.54) is 18.2 Å². The van der Waals surface area contributed by atoms with Crippen molar-refractivity contribution in [3.05, 3.63) is 57.3 Å². The van der Waals surface area contributed by atoms with E-state index in [-0.39, 0.29) is 11.5 Å². The topological polar surface area (TPSA) is 52.3 Å². The van der Waals surface area contributed by atoms with E-state index in [2.05, 4.69) is 15.9 Å². The average Bonchev–Trinajstić information content (AvgIpc) is 2.88. The Balaban J connectivity index is 2.09. The fourth-order valence-electron chi connectivity index (χ4n) is 2.28. The molecule has 0 aliphatic carbocycles. The van der Waals surface area contributed by atoms with Gasteiger partial charge in [0.05, 0.1) is 17.9 Å². The molecule has 0 fully saturated rings. The summed E-state index contributed by atoms with van der Waals surface area (Å²) in [6.45, 7) is 0.567. The highest BCUT2D eigenvalue weighted by molar-refractivity contribution is 9.10. The van der Waals surface area contributed by atoms with Crippen molar-refractivity contribution in [3.63, 3.8) is 0 Å². The molecule has 1 aliphatic rings. The lowest BCUT2D eigenvalue weighted by Crippen LogP contribution is -2.05. The molecule has 0 unspecified atom stereocenters. The minimum atomic E-state index is -0.530. The van der Waals surface area contributed by atoms with Crippen molar-refractivity contribution in [2.24, 2.45) is 0 Å². The number of ether oxygens (including phenoxy) is 1. The number of hydrogen-bond donors (Lipinski definition) is 1. The molecule has 0 amide bonds. The van der Waals surface area contributed by atoms with Crippen LogP contribution in [0.1, 0.15) is 21.5 Å². The number of nitrogen functional groups attached to an aromatic ring is 1. The molecule has 3 nitrogen and oxygen atoms in total. The van der Waals surface area contributed by atoms with Crippen molar-refractivity contribution in [3.8, 4) is 5.75 Å². The van der Waals surface area contributed by atoms with E-state index >= 15 is 0 Å². The van der Waals surface area contributed by atoms with Gasteiger partial charge in [-0.15, -0.1) is 0 Å². The summed E-state index contributed by atoms with van der Waals surface area (Å²) in [4.78, 5) is 12.5. The zero-order valence-electron chi connectivity index (χ0n) is 10.5. The van der Waals surface area contributed by atoms with Crippen molar-refractivity contribution < 1.29 is 13.9 Å². The summed E-state index contributed by atoms with van der Waals surface area (Å²) in [7, 11) is 0. The SMILES string of the molecule is Nc1cc(C(=O)c2cc(Br)cc3c2OCC3)ccc1F. The fraction of sp³-hybridized carbons (Fsp3) is 0.133. The second-order valence-electron chi connectivity index (χ2n) is 4.61. The van der Waals surface area contributed by atoms with Gasteiger partial charge in [0, 0.05) is 16.5 Å². The molecule has 0 radical (unpaired) electrons. The number of carbonyl (C=O) groups excluding carboxylic acids is 1. The smallest absolute Gasteiger partial charge is 0.196 e. The Hall–Kier alpha value is -1.88. The summed E-state index contributed by atoms with van der Waals surface area (Å²) in [5, 5.41) is 0. The largest absolute Gasteiger partial charge is 0.492 e. The Kier molecular flexibility index (Phi) is 3.22. The molecule has 1 aliphatic heterocycles. The second-order valence-corrected chi connectivity index (χ2v) is 5.52. The summed E-state index contributed by atoms with van der Waals surface area (Å²) >= 11 is 3.39. The number of nitrogens with two attached hydrogens (primary N) is 1. The summed E-state index contributed by atoms with van der Waals surface area (Å²) in [5.74, 6) is -0.144. The Morgan fingerprint density at radius 1 is 1.30 bits per heavy atom. The zero-order chi connectivity index (χ0) is 14.3. The standard InChI is InChI=1S/C15H11BrFNO2/c16-10-5-9-3-4-20-15(9)11(7-10)14(19)8-1-2-12(17)13(18)6-8/h1-2,5-7H,3-4,18H2. The molecular weight excluding hydrogens is 325 g/mol. The third kappa shape index (κ3) is 2.18. The molecule has 0 saturated heterocycles. The Bertz CT molecular complexity index is 715. The molecule has 0 spiro atoms. The van der Waals surface area contributed by atoms with Crippen LogP contribution < -0.4 is 10.5 Å². The van der Waals surface area contributed by atoms with Crippen molar-refractivity contribution in [1.29, 1.82) is 0 Å². The quantitative estimate of drug-likeness (QED) is 0.676. The van der Waals surface area contributed by atoms with Gasteiger partial charge in [0.2, 0.25) is 0 Å². The van der Waals surface area contributed by atoms with Crippen LogP contribution in [-0.2, 0) is 6.42 Å². The predicted octanol–water partition coefficient (Wildman–Crippen LogP) is 3.34. The highest BCUT2D eigenvalue weighted by atomic mass is 79.9. The number of benzene rings is 2. The van der Waals surface area contributed by atoms with Crippen molar-refractivity contribution in [2.75, 3.05) is 12.3 Å². The first-order valence-corrected chi connectivity index (χ1v) is 6.90. The second kappa shape index (κ2) is 4.90. The van der Waals surface area contributed by atoms with Gasteiger partial charge in [-0.25, -0.2) is 4.39 Å². The van der Waals surface area contributed by atoms with Crippen LogP contribution in [0.25, 0.3) is 0 Å². The molecule has 5 heteroatoms. The van der Waals surface area contributed by atoms with Gasteiger partial charge in [-0.2, -0.15) is 0 Å². The van der Waals surface area contributed by atoms with Gasteiger partial charge < -0.3 is 10.5 Å². The molecule has 1 heterocycles. The van der Waals surface area contributed by atoms with E-state index in [1.807, 2.05) is 6.07 Å². The average molecular weight is 336 g/mol. The zero-order valence-corrected chi connectivity index (χ0v) is 12.0. The maximum absolute atomic E-state index is 13.2. The van der Waals surface area contributed by atoms with E-state index in [4.69, 9.17) is 10.5 Å². The Labute approximate surface area is 123 Å². The number of anilines is 1. The first-order chi connectivity index (χ1) is 9.56. The minimum absolute atomic E-state index is 0.0385. The molecule has 20 heavy (non-hydrogen) atoms. The van der Waals surface area contributed by atoms with Crippen LogP contribution in [0.4, 0.5) is 10.1 Å². The third-order valence-electron chi connectivity index (χ3n) is 3.25. The number of ketones is 1. The van der Waals surface area contributed by atoms with Crippen LogP contribution in [0, 0.1) is 5.82 Å². The molecule has 2 aromatic carbocycles. The van der Waals surface area contributed by atoms with Gasteiger partial charge in [0.15, 0.2) is 5.78 Å². The van der Waals surface area contributed by atoms with Gasteiger partial charge in [0.25, 0.3) is 0 Å². The highest BCUT2D eigenvalue weighted by Gasteiger charge is 2.23. The monoisotopic (exact) mass is 335 g/mol. The van der Waals surface area contributed by atoms with E-state index in [0.29, 0.717) is 23.5 Å². The Morgan fingerprint density at radius 2 is 2.10 bits per heavy atom. The number of fused-ring (bicyclic) bond motifs is 1. The van der Waals surface area contributed by atoms with Gasteiger partial charge in [-0.05, 0) is 35.9 Å². The van der Waals surface area contributed by atoms with Crippen LogP contribution in [0.3, 0.4) is 0 Å². The molecule has 0 aromatic heterocycles. The molecule has 102 valence electrons.